The molecule has 0 amide bonds. The van der Waals surface area contributed by atoms with Crippen molar-refractivity contribution in [2.24, 2.45) is 0 Å². The maximum absolute atomic E-state index is 5.34. The Morgan fingerprint density at radius 1 is 0.833 bits per heavy atom. The van der Waals surface area contributed by atoms with E-state index in [9.17, 15) is 0 Å². The predicted octanol–water partition coefficient (Wildman–Crippen LogP) is -2.20. The first-order valence-corrected chi connectivity index (χ1v) is 6.48. The second-order valence-corrected chi connectivity index (χ2v) is 3.97. The Balaban J connectivity index is -0.000000427. The van der Waals surface area contributed by atoms with Gasteiger partial charge in [-0.3, -0.25) is 0 Å². The second kappa shape index (κ2) is 16.3. The summed E-state index contributed by atoms with van der Waals surface area (Å²) in [4.78, 5) is 0. The van der Waals surface area contributed by atoms with Crippen LogP contribution < -0.4 is 29.6 Å². The zero-order chi connectivity index (χ0) is 12.9. The first-order valence-electron chi connectivity index (χ1n) is 5.54. The first-order chi connectivity index (χ1) is 8.20. The molecule has 18 heavy (non-hydrogen) atoms. The molecule has 104 valence electrons. The molecule has 0 aliphatic carbocycles. The molecule has 6 nitrogen and oxygen atoms in total. The van der Waals surface area contributed by atoms with Crippen LogP contribution in [0, 0.1) is 0 Å². The predicted molar refractivity (Wildman–Crippen MR) is 64.7 cm³/mol. The van der Waals surface area contributed by atoms with Crippen LogP contribution in [-0.4, -0.2) is 69.1 Å². The van der Waals surface area contributed by atoms with Gasteiger partial charge >= 0.3 is 139 Å². The third-order valence-electron chi connectivity index (χ3n) is 1.77. The van der Waals surface area contributed by atoms with Gasteiger partial charge in [-0.05, 0) is 0 Å². The Hall–Kier alpha value is 1.29. The van der Waals surface area contributed by atoms with Crippen LogP contribution >= 0.6 is 0 Å². The maximum Gasteiger partial charge on any atom is 1.00 e. The SMILES string of the molecule is COCCOC(C)[O][Al+][O]C(C)OCCOC.[H-].[H-].[Na+]. The molecule has 0 N–H and O–H groups in total. The van der Waals surface area contributed by atoms with Gasteiger partial charge in [0, 0.05) is 0 Å². The summed E-state index contributed by atoms with van der Waals surface area (Å²) in [5.74, 6) is 0. The topological polar surface area (TPSA) is 55.4 Å². The molecule has 0 aromatic carbocycles. The van der Waals surface area contributed by atoms with Crippen LogP contribution in [0.1, 0.15) is 16.7 Å². The van der Waals surface area contributed by atoms with E-state index in [1.54, 1.807) is 14.2 Å². The third kappa shape index (κ3) is 15.4. The van der Waals surface area contributed by atoms with Gasteiger partial charge in [-0.25, -0.2) is 0 Å². The average molecular weight is 290 g/mol. The Bertz CT molecular complexity index is 159. The van der Waals surface area contributed by atoms with Crippen molar-refractivity contribution in [3.8, 4) is 0 Å². The minimum absolute atomic E-state index is 0. The summed E-state index contributed by atoms with van der Waals surface area (Å²) in [5.41, 5.74) is 0. The molecule has 0 aromatic heterocycles. The minimum atomic E-state index is -0.599. The number of rotatable bonds is 12. The van der Waals surface area contributed by atoms with Crippen LogP contribution in [0.15, 0.2) is 0 Å². The van der Waals surface area contributed by atoms with Crippen LogP contribution in [0.25, 0.3) is 0 Å². The summed E-state index contributed by atoms with van der Waals surface area (Å²) < 4.78 is 31.0. The summed E-state index contributed by atoms with van der Waals surface area (Å²) in [7, 11) is 3.25. The molecule has 2 atom stereocenters. The van der Waals surface area contributed by atoms with Gasteiger partial charge in [0.05, 0.1) is 0 Å². The van der Waals surface area contributed by atoms with Gasteiger partial charge in [-0.1, -0.05) is 0 Å². The molecule has 0 heterocycles. The van der Waals surface area contributed by atoms with Crippen LogP contribution in [0.2, 0.25) is 0 Å². The molecule has 0 bridgehead atoms. The Morgan fingerprint density at radius 2 is 1.22 bits per heavy atom. The van der Waals surface area contributed by atoms with E-state index in [0.717, 1.165) is 0 Å². The Kier molecular flexibility index (Phi) is 19.6. The average Bonchev–Trinajstić information content (AvgIpc) is 2.30. The normalized spacial score (nSPS) is 13.6. The molecular formula is C10H24AlNaO6. The molecule has 0 spiro atoms. The van der Waals surface area contributed by atoms with Gasteiger partial charge < -0.3 is 2.85 Å². The van der Waals surface area contributed by atoms with Crippen molar-refractivity contribution in [1.82, 2.24) is 0 Å². The summed E-state index contributed by atoms with van der Waals surface area (Å²) in [5, 5.41) is 0. The van der Waals surface area contributed by atoms with Gasteiger partial charge in [-0.15, -0.1) is 0 Å². The zero-order valence-electron chi connectivity index (χ0n) is 14.0. The summed E-state index contributed by atoms with van der Waals surface area (Å²) in [6.07, 6.45) is -0.572. The van der Waals surface area contributed by atoms with Crippen molar-refractivity contribution < 1.29 is 58.9 Å². The van der Waals surface area contributed by atoms with E-state index in [4.69, 9.17) is 26.5 Å². The number of methoxy groups -OCH3 is 2. The fourth-order valence-electron chi connectivity index (χ4n) is 0.862. The smallest absolute Gasteiger partial charge is 1.00 e. The quantitative estimate of drug-likeness (QED) is 0.231. The van der Waals surface area contributed by atoms with E-state index in [0.29, 0.717) is 26.4 Å². The van der Waals surface area contributed by atoms with E-state index >= 15 is 0 Å². The zero-order valence-corrected chi connectivity index (χ0v) is 15.2. The van der Waals surface area contributed by atoms with Crippen molar-refractivity contribution in [1.29, 1.82) is 0 Å². The van der Waals surface area contributed by atoms with E-state index in [1.807, 2.05) is 13.8 Å². The fourth-order valence-corrected chi connectivity index (χ4v) is 1.40. The summed E-state index contributed by atoms with van der Waals surface area (Å²) >= 11 is -0.599. The molecule has 2 unspecified atom stereocenters. The molecule has 0 aromatic rings. The van der Waals surface area contributed by atoms with Gasteiger partial charge in [0.1, 0.15) is 0 Å². The molecule has 0 aliphatic rings. The number of ether oxygens (including phenoxy) is 4. The molecule has 0 aliphatic heterocycles. The molecule has 0 fully saturated rings. The van der Waals surface area contributed by atoms with Crippen molar-refractivity contribution in [3.63, 3.8) is 0 Å². The Labute approximate surface area is 141 Å². The van der Waals surface area contributed by atoms with Crippen LogP contribution in [-0.2, 0) is 26.5 Å². The van der Waals surface area contributed by atoms with Gasteiger partial charge in [0.25, 0.3) is 0 Å². The molecule has 0 radical (unpaired) electrons. The van der Waals surface area contributed by atoms with Gasteiger partial charge in [-0.2, -0.15) is 0 Å². The third-order valence-corrected chi connectivity index (χ3v) is 2.76. The molecule has 8 heteroatoms. The van der Waals surface area contributed by atoms with E-state index < -0.39 is 15.9 Å². The van der Waals surface area contributed by atoms with Crippen molar-refractivity contribution >= 4 is 15.9 Å². The van der Waals surface area contributed by atoms with Crippen molar-refractivity contribution in [2.75, 3.05) is 40.6 Å². The minimum Gasteiger partial charge on any atom is -1.00 e. The molecular weight excluding hydrogens is 266 g/mol. The Morgan fingerprint density at radius 3 is 1.56 bits per heavy atom. The largest absolute Gasteiger partial charge is 1.00 e. The standard InChI is InChI=1S/2C5H11O3.Al.Na.2H/c2*1-5(6)8-4-3-7-2;;;;/h2*5H,3-4H2,1-2H3;;;;/q2*-1;+3;+1;2*-1. The molecule has 0 rings (SSSR count). The van der Waals surface area contributed by atoms with E-state index in [1.165, 1.54) is 0 Å². The first kappa shape index (κ1) is 21.6. The molecule has 0 saturated carbocycles. The van der Waals surface area contributed by atoms with E-state index in [2.05, 4.69) is 0 Å². The number of hydrogen-bond donors (Lipinski definition) is 0. The van der Waals surface area contributed by atoms with E-state index in [-0.39, 0.29) is 45.0 Å². The van der Waals surface area contributed by atoms with Crippen molar-refractivity contribution in [2.45, 2.75) is 26.4 Å². The summed E-state index contributed by atoms with van der Waals surface area (Å²) in [6.45, 7) is 5.78. The van der Waals surface area contributed by atoms with Crippen molar-refractivity contribution in [3.05, 3.63) is 0 Å². The van der Waals surface area contributed by atoms with Crippen LogP contribution in [0.3, 0.4) is 0 Å². The van der Waals surface area contributed by atoms with Gasteiger partial charge in [0.15, 0.2) is 0 Å². The van der Waals surface area contributed by atoms with Crippen LogP contribution in [0.5, 0.6) is 0 Å². The second-order valence-electron chi connectivity index (χ2n) is 3.23. The fraction of sp³-hybridized carbons (Fsp3) is 1.00. The molecule has 0 saturated heterocycles. The monoisotopic (exact) mass is 290 g/mol. The number of hydrogen-bond acceptors (Lipinski definition) is 6. The summed E-state index contributed by atoms with van der Waals surface area (Å²) in [6, 6.07) is 0. The maximum atomic E-state index is 5.34. The van der Waals surface area contributed by atoms with Crippen LogP contribution in [0.4, 0.5) is 0 Å². The van der Waals surface area contributed by atoms with Gasteiger partial charge in [0.2, 0.25) is 0 Å².